The Morgan fingerprint density at radius 2 is 2.15 bits per heavy atom. The number of guanidine groups is 1. The Labute approximate surface area is 180 Å². The van der Waals surface area contributed by atoms with E-state index in [1.165, 1.54) is 11.3 Å². The predicted molar refractivity (Wildman–Crippen MR) is 124 cm³/mol. The fourth-order valence-electron chi connectivity index (χ4n) is 3.47. The normalized spacial score (nSPS) is 22.4. The van der Waals surface area contributed by atoms with Crippen LogP contribution < -0.4 is 10.6 Å². The largest absolute Gasteiger partial charge is 0.377 e. The lowest BCUT2D eigenvalue weighted by atomic mass is 9.78. The molecule has 0 aromatic carbocycles. The first-order valence-corrected chi connectivity index (χ1v) is 10.5. The van der Waals surface area contributed by atoms with Crippen LogP contribution in [0.25, 0.3) is 0 Å². The van der Waals surface area contributed by atoms with Gasteiger partial charge in [0, 0.05) is 36.4 Å². The van der Waals surface area contributed by atoms with Gasteiger partial charge < -0.3 is 15.4 Å². The number of aliphatic imine (C=N–C) groups is 1. The minimum atomic E-state index is 0. The Morgan fingerprint density at radius 3 is 2.77 bits per heavy atom. The molecule has 2 N–H and O–H groups in total. The highest BCUT2D eigenvalue weighted by Gasteiger charge is 2.35. The molecule has 1 aliphatic heterocycles. The van der Waals surface area contributed by atoms with Crippen molar-refractivity contribution in [2.24, 2.45) is 16.3 Å². The number of ether oxygens (including phenoxy) is 1. The molecule has 0 saturated carbocycles. The van der Waals surface area contributed by atoms with E-state index in [1.54, 1.807) is 0 Å². The summed E-state index contributed by atoms with van der Waals surface area (Å²) >= 11 is 1.81. The highest BCUT2D eigenvalue weighted by molar-refractivity contribution is 14.0. The molecule has 1 saturated heterocycles. The SMILES string of the molecule is CCNC(=NCC(C)c1cccs1)NCC1CCCOC1C(C)(C)C.I. The molecule has 26 heavy (non-hydrogen) atoms. The summed E-state index contributed by atoms with van der Waals surface area (Å²) < 4.78 is 6.10. The zero-order valence-corrected chi connectivity index (χ0v) is 20.0. The third-order valence-corrected chi connectivity index (χ3v) is 5.83. The average Bonchev–Trinajstić information content (AvgIpc) is 3.11. The van der Waals surface area contributed by atoms with Gasteiger partial charge in [-0.05, 0) is 36.6 Å². The van der Waals surface area contributed by atoms with Crippen LogP contribution in [0.15, 0.2) is 22.5 Å². The van der Waals surface area contributed by atoms with Gasteiger partial charge in [-0.25, -0.2) is 0 Å². The molecule has 1 aromatic rings. The van der Waals surface area contributed by atoms with Crippen LogP contribution in [0.5, 0.6) is 0 Å². The van der Waals surface area contributed by atoms with Crippen LogP contribution >= 0.6 is 35.3 Å². The van der Waals surface area contributed by atoms with Gasteiger partial charge in [0.15, 0.2) is 5.96 Å². The van der Waals surface area contributed by atoms with E-state index in [0.717, 1.165) is 38.6 Å². The summed E-state index contributed by atoms with van der Waals surface area (Å²) in [5.74, 6) is 1.91. The zero-order valence-electron chi connectivity index (χ0n) is 16.9. The van der Waals surface area contributed by atoms with Gasteiger partial charge in [-0.3, -0.25) is 4.99 Å². The fourth-order valence-corrected chi connectivity index (χ4v) is 4.25. The molecule has 0 aliphatic carbocycles. The highest BCUT2D eigenvalue weighted by atomic mass is 127. The van der Waals surface area contributed by atoms with Crippen LogP contribution in [-0.4, -0.2) is 38.3 Å². The van der Waals surface area contributed by atoms with Crippen molar-refractivity contribution in [3.8, 4) is 0 Å². The first-order valence-electron chi connectivity index (χ1n) is 9.59. The molecule has 3 atom stereocenters. The van der Waals surface area contributed by atoms with E-state index >= 15 is 0 Å². The summed E-state index contributed by atoms with van der Waals surface area (Å²) in [6.45, 7) is 14.7. The summed E-state index contributed by atoms with van der Waals surface area (Å²) in [5.41, 5.74) is 0.177. The van der Waals surface area contributed by atoms with Gasteiger partial charge >= 0.3 is 0 Å². The van der Waals surface area contributed by atoms with Crippen LogP contribution in [0.4, 0.5) is 0 Å². The number of hydrogen-bond donors (Lipinski definition) is 2. The van der Waals surface area contributed by atoms with Crippen molar-refractivity contribution in [3.63, 3.8) is 0 Å². The summed E-state index contributed by atoms with van der Waals surface area (Å²) in [6.07, 6.45) is 2.68. The molecule has 2 heterocycles. The van der Waals surface area contributed by atoms with Crippen molar-refractivity contribution in [3.05, 3.63) is 22.4 Å². The maximum Gasteiger partial charge on any atom is 0.191 e. The van der Waals surface area contributed by atoms with Gasteiger partial charge in [-0.2, -0.15) is 0 Å². The van der Waals surface area contributed by atoms with E-state index in [4.69, 9.17) is 9.73 Å². The lowest BCUT2D eigenvalue weighted by Crippen LogP contribution is -2.47. The van der Waals surface area contributed by atoms with Crippen molar-refractivity contribution in [2.75, 3.05) is 26.2 Å². The third-order valence-electron chi connectivity index (χ3n) is 4.73. The molecule has 3 unspecified atom stereocenters. The molecule has 2 rings (SSSR count). The van der Waals surface area contributed by atoms with Crippen molar-refractivity contribution in [1.29, 1.82) is 0 Å². The maximum atomic E-state index is 6.10. The Bertz CT molecular complexity index is 528. The van der Waals surface area contributed by atoms with Gasteiger partial charge in [0.05, 0.1) is 12.6 Å². The molecule has 1 aromatic heterocycles. The quantitative estimate of drug-likeness (QED) is 0.338. The number of hydrogen-bond acceptors (Lipinski definition) is 3. The van der Waals surface area contributed by atoms with E-state index in [1.807, 2.05) is 11.3 Å². The molecule has 150 valence electrons. The molecule has 0 radical (unpaired) electrons. The van der Waals surface area contributed by atoms with E-state index in [0.29, 0.717) is 17.9 Å². The van der Waals surface area contributed by atoms with Crippen LogP contribution in [-0.2, 0) is 4.74 Å². The van der Waals surface area contributed by atoms with Gasteiger partial charge in [0.1, 0.15) is 0 Å². The molecule has 1 fully saturated rings. The van der Waals surface area contributed by atoms with Crippen molar-refractivity contribution >= 4 is 41.3 Å². The number of rotatable bonds is 6. The molecular formula is C20H36IN3OS. The van der Waals surface area contributed by atoms with Gasteiger partial charge in [0.25, 0.3) is 0 Å². The third kappa shape index (κ3) is 7.35. The first kappa shape index (κ1) is 23.7. The van der Waals surface area contributed by atoms with E-state index < -0.39 is 0 Å². The molecule has 0 bridgehead atoms. The minimum Gasteiger partial charge on any atom is -0.377 e. The Morgan fingerprint density at radius 1 is 1.38 bits per heavy atom. The molecule has 6 heteroatoms. The average molecular weight is 493 g/mol. The first-order chi connectivity index (χ1) is 11.9. The summed E-state index contributed by atoms with van der Waals surface area (Å²) in [4.78, 5) is 6.20. The molecule has 0 amide bonds. The van der Waals surface area contributed by atoms with Crippen LogP contribution in [0.3, 0.4) is 0 Å². The molecule has 1 aliphatic rings. The second-order valence-corrected chi connectivity index (χ2v) is 9.06. The Kier molecular flexibility index (Phi) is 10.5. The number of halogens is 1. The van der Waals surface area contributed by atoms with Gasteiger partial charge in [0.2, 0.25) is 0 Å². The van der Waals surface area contributed by atoms with Crippen molar-refractivity contribution < 1.29 is 4.74 Å². The zero-order chi connectivity index (χ0) is 18.3. The predicted octanol–water partition coefficient (Wildman–Crippen LogP) is 4.87. The van der Waals surface area contributed by atoms with Gasteiger partial charge in [-0.1, -0.05) is 33.8 Å². The molecule has 4 nitrogen and oxygen atoms in total. The Hall–Kier alpha value is -0.340. The minimum absolute atomic E-state index is 0. The molecule has 0 spiro atoms. The van der Waals surface area contributed by atoms with Crippen LogP contribution in [0, 0.1) is 11.3 Å². The van der Waals surface area contributed by atoms with E-state index in [2.05, 4.69) is 62.8 Å². The Balaban J connectivity index is 0.00000338. The summed E-state index contributed by atoms with van der Waals surface area (Å²) in [7, 11) is 0. The monoisotopic (exact) mass is 493 g/mol. The summed E-state index contributed by atoms with van der Waals surface area (Å²) in [6, 6.07) is 4.30. The second kappa shape index (κ2) is 11.5. The van der Waals surface area contributed by atoms with Gasteiger partial charge in [-0.15, -0.1) is 35.3 Å². The van der Waals surface area contributed by atoms with E-state index in [9.17, 15) is 0 Å². The van der Waals surface area contributed by atoms with Crippen LogP contribution in [0.2, 0.25) is 0 Å². The number of thiophene rings is 1. The highest BCUT2D eigenvalue weighted by Crippen LogP contribution is 2.33. The topological polar surface area (TPSA) is 45.7 Å². The number of nitrogens with one attached hydrogen (secondary N) is 2. The van der Waals surface area contributed by atoms with Crippen molar-refractivity contribution in [2.45, 2.75) is 59.5 Å². The van der Waals surface area contributed by atoms with Crippen LogP contribution in [0.1, 0.15) is 58.3 Å². The fraction of sp³-hybridized carbons (Fsp3) is 0.750. The number of nitrogens with zero attached hydrogens (tertiary/aromatic N) is 1. The smallest absolute Gasteiger partial charge is 0.191 e. The molecular weight excluding hydrogens is 457 g/mol. The lowest BCUT2D eigenvalue weighted by molar-refractivity contribution is -0.0835. The van der Waals surface area contributed by atoms with Crippen molar-refractivity contribution in [1.82, 2.24) is 10.6 Å². The summed E-state index contributed by atoms with van der Waals surface area (Å²) in [5, 5.41) is 9.07. The lowest BCUT2D eigenvalue weighted by Gasteiger charge is -2.40. The van der Waals surface area contributed by atoms with E-state index in [-0.39, 0.29) is 29.4 Å². The second-order valence-electron chi connectivity index (χ2n) is 8.08. The maximum absolute atomic E-state index is 6.10. The standard InChI is InChI=1S/C20H35N3OS.HI/c1-6-21-19(22-13-15(2)17-10-8-12-25-17)23-14-16-9-7-11-24-18(16)20(3,4)5;/h8,10,12,15-16,18H,6-7,9,11,13-14H2,1-5H3,(H2,21,22,23);1H.